The number of aryl methyl sites for hydroxylation is 1. The predicted octanol–water partition coefficient (Wildman–Crippen LogP) is 7.72. The highest BCUT2D eigenvalue weighted by atomic mass is 32.2. The van der Waals surface area contributed by atoms with E-state index in [-0.39, 0.29) is 21.2 Å². The lowest BCUT2D eigenvalue weighted by Crippen LogP contribution is -2.39. The Morgan fingerprint density at radius 1 is 0.822 bits per heavy atom. The van der Waals surface area contributed by atoms with Crippen LogP contribution in [0.25, 0.3) is 0 Å². The molecule has 45 heavy (non-hydrogen) atoms. The van der Waals surface area contributed by atoms with Crippen LogP contribution in [0.2, 0.25) is 0 Å². The fraction of sp³-hybridized carbons (Fsp3) is 0.457. The van der Waals surface area contributed by atoms with Crippen molar-refractivity contribution < 1.29 is 30.5 Å². The summed E-state index contributed by atoms with van der Waals surface area (Å²) in [5.74, 6) is 0. The van der Waals surface area contributed by atoms with Crippen molar-refractivity contribution in [1.82, 2.24) is 0 Å². The van der Waals surface area contributed by atoms with E-state index in [4.69, 9.17) is 0 Å². The quantitative estimate of drug-likeness (QED) is 0.124. The van der Waals surface area contributed by atoms with Gasteiger partial charge in [-0.1, -0.05) is 44.9 Å². The van der Waals surface area contributed by atoms with E-state index in [1.165, 1.54) is 53.2 Å². The third-order valence-electron chi connectivity index (χ3n) is 9.80. The number of fused-ring (bicyclic) bond motifs is 2. The van der Waals surface area contributed by atoms with Crippen molar-refractivity contribution in [3.8, 4) is 0 Å². The molecule has 0 aliphatic carbocycles. The molecule has 0 saturated carbocycles. The average molecular weight is 654 g/mol. The van der Waals surface area contributed by atoms with Crippen LogP contribution in [0.4, 0.5) is 17.1 Å². The van der Waals surface area contributed by atoms with Gasteiger partial charge in [0.2, 0.25) is 5.69 Å². The molecule has 0 amide bonds. The van der Waals surface area contributed by atoms with Crippen LogP contribution in [0, 0.1) is 6.92 Å². The lowest BCUT2D eigenvalue weighted by Gasteiger charge is -2.35. The molecule has 242 valence electrons. The van der Waals surface area contributed by atoms with Crippen molar-refractivity contribution in [2.75, 3.05) is 11.4 Å². The summed E-state index contributed by atoms with van der Waals surface area (Å²) >= 11 is 0. The van der Waals surface area contributed by atoms with E-state index in [1.807, 2.05) is 0 Å². The molecule has 2 aliphatic rings. The zero-order valence-corrected chi connectivity index (χ0v) is 28.7. The molecule has 3 aromatic carbocycles. The van der Waals surface area contributed by atoms with Gasteiger partial charge in [0.05, 0.1) is 15.2 Å². The molecule has 0 spiro atoms. The molecule has 8 nitrogen and oxygen atoms in total. The Morgan fingerprint density at radius 3 is 2.18 bits per heavy atom. The molecule has 2 heterocycles. The van der Waals surface area contributed by atoms with Gasteiger partial charge in [0, 0.05) is 47.3 Å². The molecule has 3 aromatic rings. The maximum atomic E-state index is 12.1. The molecule has 10 heteroatoms. The Kier molecular flexibility index (Phi) is 8.85. The Bertz CT molecular complexity index is 1880. The molecule has 0 saturated heterocycles. The molecular weight excluding hydrogens is 609 g/mol. The Labute approximate surface area is 268 Å². The monoisotopic (exact) mass is 653 g/mol. The highest BCUT2D eigenvalue weighted by Crippen LogP contribution is 2.51. The van der Waals surface area contributed by atoms with Crippen LogP contribution in [-0.2, 0) is 31.1 Å². The fourth-order valence-electron chi connectivity index (χ4n) is 7.38. The van der Waals surface area contributed by atoms with Crippen LogP contribution in [0.15, 0.2) is 70.5 Å². The summed E-state index contributed by atoms with van der Waals surface area (Å²) in [6.45, 7) is 14.0. The van der Waals surface area contributed by atoms with Gasteiger partial charge in [-0.05, 0) is 88.1 Å². The fourth-order valence-corrected chi connectivity index (χ4v) is 8.41. The second-order valence-corrected chi connectivity index (χ2v) is 16.4. The first-order chi connectivity index (χ1) is 21.0. The van der Waals surface area contributed by atoms with Crippen molar-refractivity contribution in [2.45, 2.75) is 107 Å². The Hall–Kier alpha value is -3.05. The number of nitrogens with zero attached hydrogens (tertiary/aromatic N) is 2. The first kappa shape index (κ1) is 33.3. The Balaban J connectivity index is 1.53. The third kappa shape index (κ3) is 6.22. The standard InChI is InChI=1S/C35H44N2O6S2/c1-7-8-9-20-36-30-18-16-24(2)21-28(30)34(3,4)32(36)14-11-15-33-35(5,6)29-23-27(45(41,42)43)17-19-31(29)37(33)25-12-10-13-26(22-25)44(38,39)40/h10,12-13,16-19,21-23,33H,7-9,11,14-15,20H2,1-6H3,(H-,38,39,40,41,42,43)/p+1. The van der Waals surface area contributed by atoms with E-state index in [2.05, 4.69) is 69.2 Å². The van der Waals surface area contributed by atoms with Gasteiger partial charge in [0.1, 0.15) is 6.54 Å². The maximum Gasteiger partial charge on any atom is 0.294 e. The number of unbranched alkanes of at least 4 members (excludes halogenated alkanes) is 2. The van der Waals surface area contributed by atoms with Crippen LogP contribution in [0.5, 0.6) is 0 Å². The number of hydrogen-bond donors (Lipinski definition) is 2. The molecule has 0 bridgehead atoms. The van der Waals surface area contributed by atoms with E-state index in [0.717, 1.165) is 49.9 Å². The van der Waals surface area contributed by atoms with Gasteiger partial charge in [0.25, 0.3) is 20.2 Å². The van der Waals surface area contributed by atoms with Gasteiger partial charge in [-0.2, -0.15) is 21.4 Å². The predicted molar refractivity (Wildman–Crippen MR) is 179 cm³/mol. The van der Waals surface area contributed by atoms with Gasteiger partial charge < -0.3 is 4.90 Å². The highest BCUT2D eigenvalue weighted by Gasteiger charge is 2.47. The number of benzene rings is 3. The van der Waals surface area contributed by atoms with E-state index < -0.39 is 25.7 Å². The van der Waals surface area contributed by atoms with Gasteiger partial charge in [0.15, 0.2) is 5.71 Å². The smallest absolute Gasteiger partial charge is 0.294 e. The minimum absolute atomic E-state index is 0.129. The van der Waals surface area contributed by atoms with Crippen LogP contribution in [-0.4, -0.2) is 48.8 Å². The van der Waals surface area contributed by atoms with E-state index >= 15 is 0 Å². The largest absolute Gasteiger partial charge is 0.337 e. The molecular formula is C35H45N2O6S2+. The van der Waals surface area contributed by atoms with E-state index in [0.29, 0.717) is 5.69 Å². The van der Waals surface area contributed by atoms with Crippen molar-refractivity contribution in [2.24, 2.45) is 0 Å². The minimum Gasteiger partial charge on any atom is -0.337 e. The first-order valence-corrected chi connectivity index (χ1v) is 18.6. The molecule has 5 rings (SSSR count). The van der Waals surface area contributed by atoms with E-state index in [1.54, 1.807) is 18.2 Å². The number of anilines is 2. The molecule has 1 unspecified atom stereocenters. The summed E-state index contributed by atoms with van der Waals surface area (Å²) < 4.78 is 70.5. The maximum absolute atomic E-state index is 12.1. The lowest BCUT2D eigenvalue weighted by atomic mass is 9.76. The summed E-state index contributed by atoms with van der Waals surface area (Å²) in [6.07, 6.45) is 5.88. The number of rotatable bonds is 11. The normalized spacial score (nSPS) is 18.8. The third-order valence-corrected chi connectivity index (χ3v) is 11.5. The Morgan fingerprint density at radius 2 is 1.51 bits per heavy atom. The second kappa shape index (κ2) is 12.0. The summed E-state index contributed by atoms with van der Waals surface area (Å²) in [5, 5.41) is 0. The summed E-state index contributed by atoms with van der Waals surface area (Å²) in [4.78, 5) is 1.67. The van der Waals surface area contributed by atoms with Crippen molar-refractivity contribution in [3.63, 3.8) is 0 Å². The zero-order valence-electron chi connectivity index (χ0n) is 27.0. The van der Waals surface area contributed by atoms with Gasteiger partial charge >= 0.3 is 0 Å². The topological polar surface area (TPSA) is 115 Å². The lowest BCUT2D eigenvalue weighted by molar-refractivity contribution is -0.440. The number of hydrogen-bond acceptors (Lipinski definition) is 5. The molecule has 0 aromatic heterocycles. The highest BCUT2D eigenvalue weighted by molar-refractivity contribution is 7.86. The van der Waals surface area contributed by atoms with Gasteiger partial charge in [-0.25, -0.2) is 0 Å². The summed E-state index contributed by atoms with van der Waals surface area (Å²) in [6, 6.07) is 17.3. The SMILES string of the molecule is CCCCC[N+]1=C(CCCC2N(c3cccc(S(=O)(=O)O)c3)c3ccc(S(=O)(=O)O)cc3C2(C)C)C(C)(C)c2cc(C)ccc21. The summed E-state index contributed by atoms with van der Waals surface area (Å²) in [5.41, 5.74) is 6.65. The molecule has 0 radical (unpaired) electrons. The molecule has 1 atom stereocenters. The van der Waals surface area contributed by atoms with Gasteiger partial charge in [-0.15, -0.1) is 0 Å². The minimum atomic E-state index is -4.44. The van der Waals surface area contributed by atoms with Crippen LogP contribution >= 0.6 is 0 Å². The van der Waals surface area contributed by atoms with Crippen molar-refractivity contribution in [3.05, 3.63) is 77.4 Å². The van der Waals surface area contributed by atoms with Crippen LogP contribution in [0.1, 0.15) is 89.8 Å². The summed E-state index contributed by atoms with van der Waals surface area (Å²) in [7, 11) is -8.86. The molecule has 2 N–H and O–H groups in total. The molecule has 0 fully saturated rings. The van der Waals surface area contributed by atoms with Crippen molar-refractivity contribution >= 4 is 43.0 Å². The average Bonchev–Trinajstić information content (AvgIpc) is 3.30. The first-order valence-electron chi connectivity index (χ1n) is 15.7. The zero-order chi connectivity index (χ0) is 32.9. The molecule has 2 aliphatic heterocycles. The second-order valence-electron chi connectivity index (χ2n) is 13.6. The van der Waals surface area contributed by atoms with Gasteiger partial charge in [-0.3, -0.25) is 9.11 Å². The van der Waals surface area contributed by atoms with Crippen molar-refractivity contribution in [1.29, 1.82) is 0 Å². The van der Waals surface area contributed by atoms with Crippen LogP contribution in [0.3, 0.4) is 0 Å². The van der Waals surface area contributed by atoms with E-state index in [9.17, 15) is 25.9 Å². The van der Waals surface area contributed by atoms with Crippen LogP contribution < -0.4 is 4.90 Å².